The van der Waals surface area contributed by atoms with E-state index in [9.17, 15) is 4.79 Å². The van der Waals surface area contributed by atoms with E-state index in [1.54, 1.807) is 10.9 Å². The van der Waals surface area contributed by atoms with Gasteiger partial charge in [0.2, 0.25) is 5.91 Å². The predicted molar refractivity (Wildman–Crippen MR) is 77.8 cm³/mol. The third-order valence-electron chi connectivity index (χ3n) is 3.34. The van der Waals surface area contributed by atoms with E-state index >= 15 is 0 Å². The Morgan fingerprint density at radius 3 is 2.75 bits per heavy atom. The maximum Gasteiger partial charge on any atom is 0.238 e. The molecule has 20 heavy (non-hydrogen) atoms. The number of carbonyl (C=O) groups excluding carboxylic acids is 1. The number of amides is 1. The number of carbonyl (C=O) groups is 1. The molecule has 104 valence electrons. The molecule has 0 aliphatic heterocycles. The van der Waals surface area contributed by atoms with Gasteiger partial charge in [-0.3, -0.25) is 4.79 Å². The second-order valence-corrected chi connectivity index (χ2v) is 5.12. The molecule has 1 aromatic carbocycles. The van der Waals surface area contributed by atoms with Crippen molar-refractivity contribution in [2.75, 3.05) is 18.4 Å². The van der Waals surface area contributed by atoms with E-state index in [1.807, 2.05) is 36.5 Å². The summed E-state index contributed by atoms with van der Waals surface area (Å²) in [4.78, 5) is 11.7. The van der Waals surface area contributed by atoms with E-state index in [1.165, 1.54) is 12.8 Å². The van der Waals surface area contributed by atoms with Crippen LogP contribution in [-0.2, 0) is 4.79 Å². The SMILES string of the molecule is O=C(CNCC1CC1)Nc1ccc(-n2cccn2)cc1. The molecule has 5 heteroatoms. The maximum atomic E-state index is 11.7. The first-order chi connectivity index (χ1) is 9.81. The molecule has 1 saturated carbocycles. The van der Waals surface area contributed by atoms with Crippen LogP contribution in [0.4, 0.5) is 5.69 Å². The minimum absolute atomic E-state index is 0.00232. The number of benzene rings is 1. The van der Waals surface area contributed by atoms with E-state index in [-0.39, 0.29) is 5.91 Å². The Bertz CT molecular complexity index is 558. The highest BCUT2D eigenvalue weighted by Gasteiger charge is 2.20. The van der Waals surface area contributed by atoms with Gasteiger partial charge in [-0.05, 0) is 55.6 Å². The number of rotatable bonds is 6. The summed E-state index contributed by atoms with van der Waals surface area (Å²) in [6.45, 7) is 1.32. The van der Waals surface area contributed by atoms with Gasteiger partial charge < -0.3 is 10.6 Å². The van der Waals surface area contributed by atoms with Crippen LogP contribution in [0.15, 0.2) is 42.7 Å². The van der Waals surface area contributed by atoms with E-state index in [0.29, 0.717) is 6.54 Å². The fourth-order valence-electron chi connectivity index (χ4n) is 2.04. The average molecular weight is 270 g/mol. The summed E-state index contributed by atoms with van der Waals surface area (Å²) in [7, 11) is 0. The molecule has 2 N–H and O–H groups in total. The fraction of sp³-hybridized carbons (Fsp3) is 0.333. The van der Waals surface area contributed by atoms with Crippen molar-refractivity contribution in [2.45, 2.75) is 12.8 Å². The lowest BCUT2D eigenvalue weighted by Crippen LogP contribution is -2.29. The van der Waals surface area contributed by atoms with Gasteiger partial charge in [0.1, 0.15) is 0 Å². The molecule has 5 nitrogen and oxygen atoms in total. The third kappa shape index (κ3) is 3.45. The lowest BCUT2D eigenvalue weighted by molar-refractivity contribution is -0.115. The molecule has 0 saturated heterocycles. The smallest absolute Gasteiger partial charge is 0.238 e. The molecule has 0 unspecified atom stereocenters. The van der Waals surface area contributed by atoms with Crippen LogP contribution >= 0.6 is 0 Å². The summed E-state index contributed by atoms with van der Waals surface area (Å²) in [6, 6.07) is 9.51. The topological polar surface area (TPSA) is 59.0 Å². The number of hydrogen-bond donors (Lipinski definition) is 2. The Kier molecular flexibility index (Phi) is 3.78. The summed E-state index contributed by atoms with van der Waals surface area (Å²) >= 11 is 0. The zero-order chi connectivity index (χ0) is 13.8. The molecular weight excluding hydrogens is 252 g/mol. The Balaban J connectivity index is 1.50. The van der Waals surface area contributed by atoms with Gasteiger partial charge in [-0.25, -0.2) is 4.68 Å². The van der Waals surface area contributed by atoms with Gasteiger partial charge in [0, 0.05) is 18.1 Å². The van der Waals surface area contributed by atoms with Gasteiger partial charge in [-0.15, -0.1) is 0 Å². The van der Waals surface area contributed by atoms with E-state index in [2.05, 4.69) is 15.7 Å². The molecular formula is C15H18N4O. The molecule has 0 bridgehead atoms. The predicted octanol–water partition coefficient (Wildman–Crippen LogP) is 1.81. The molecule has 0 radical (unpaired) electrons. The molecule has 1 amide bonds. The third-order valence-corrected chi connectivity index (χ3v) is 3.34. The van der Waals surface area contributed by atoms with Gasteiger partial charge in [0.25, 0.3) is 0 Å². The van der Waals surface area contributed by atoms with Crippen molar-refractivity contribution in [3.8, 4) is 5.69 Å². The van der Waals surface area contributed by atoms with Crippen LogP contribution in [0, 0.1) is 5.92 Å². The highest BCUT2D eigenvalue weighted by atomic mass is 16.1. The van der Waals surface area contributed by atoms with Gasteiger partial charge in [-0.1, -0.05) is 0 Å². The molecule has 1 aromatic heterocycles. The van der Waals surface area contributed by atoms with Gasteiger partial charge >= 0.3 is 0 Å². The van der Waals surface area contributed by atoms with E-state index in [0.717, 1.165) is 23.8 Å². The lowest BCUT2D eigenvalue weighted by atomic mass is 10.3. The molecule has 1 aliphatic rings. The van der Waals surface area contributed by atoms with Crippen LogP contribution < -0.4 is 10.6 Å². The van der Waals surface area contributed by atoms with Crippen LogP contribution in [0.2, 0.25) is 0 Å². The first-order valence-corrected chi connectivity index (χ1v) is 6.92. The van der Waals surface area contributed by atoms with Gasteiger partial charge in [0.05, 0.1) is 12.2 Å². The maximum absolute atomic E-state index is 11.7. The van der Waals surface area contributed by atoms with Crippen molar-refractivity contribution in [3.05, 3.63) is 42.7 Å². The fourth-order valence-corrected chi connectivity index (χ4v) is 2.04. The zero-order valence-electron chi connectivity index (χ0n) is 11.2. The largest absolute Gasteiger partial charge is 0.325 e. The normalized spacial score (nSPS) is 14.2. The average Bonchev–Trinajstić information content (AvgIpc) is 3.11. The van der Waals surface area contributed by atoms with Gasteiger partial charge in [0.15, 0.2) is 0 Å². The van der Waals surface area contributed by atoms with Crippen molar-refractivity contribution in [3.63, 3.8) is 0 Å². The molecule has 2 aromatic rings. The zero-order valence-corrected chi connectivity index (χ0v) is 11.2. The second-order valence-electron chi connectivity index (χ2n) is 5.12. The summed E-state index contributed by atoms with van der Waals surface area (Å²) < 4.78 is 1.78. The Labute approximate surface area is 118 Å². The highest BCUT2D eigenvalue weighted by Crippen LogP contribution is 2.27. The molecule has 1 heterocycles. The van der Waals surface area contributed by atoms with Crippen LogP contribution in [0.5, 0.6) is 0 Å². The minimum Gasteiger partial charge on any atom is -0.325 e. The van der Waals surface area contributed by atoms with Crippen molar-refractivity contribution >= 4 is 11.6 Å². The first-order valence-electron chi connectivity index (χ1n) is 6.92. The highest BCUT2D eigenvalue weighted by molar-refractivity contribution is 5.92. The number of nitrogens with zero attached hydrogens (tertiary/aromatic N) is 2. The van der Waals surface area contributed by atoms with E-state index < -0.39 is 0 Å². The summed E-state index contributed by atoms with van der Waals surface area (Å²) in [6.07, 6.45) is 6.21. The number of nitrogens with one attached hydrogen (secondary N) is 2. The molecule has 1 fully saturated rings. The number of hydrogen-bond acceptors (Lipinski definition) is 3. The number of aromatic nitrogens is 2. The van der Waals surface area contributed by atoms with Gasteiger partial charge in [-0.2, -0.15) is 5.10 Å². The van der Waals surface area contributed by atoms with Crippen molar-refractivity contribution in [1.82, 2.24) is 15.1 Å². The van der Waals surface area contributed by atoms with Crippen molar-refractivity contribution in [1.29, 1.82) is 0 Å². The van der Waals surface area contributed by atoms with Crippen LogP contribution in [0.25, 0.3) is 5.69 Å². The summed E-state index contributed by atoms with van der Waals surface area (Å²) in [5.74, 6) is 0.786. The molecule has 3 rings (SSSR count). The quantitative estimate of drug-likeness (QED) is 0.841. The monoisotopic (exact) mass is 270 g/mol. The summed E-state index contributed by atoms with van der Waals surface area (Å²) in [5.41, 5.74) is 1.78. The minimum atomic E-state index is -0.00232. The molecule has 0 atom stereocenters. The first kappa shape index (κ1) is 12.9. The molecule has 0 spiro atoms. The van der Waals surface area contributed by atoms with Crippen LogP contribution in [0.3, 0.4) is 0 Å². The van der Waals surface area contributed by atoms with Crippen LogP contribution in [-0.4, -0.2) is 28.8 Å². The Morgan fingerprint density at radius 2 is 2.10 bits per heavy atom. The summed E-state index contributed by atoms with van der Waals surface area (Å²) in [5, 5.41) is 10.2. The van der Waals surface area contributed by atoms with Crippen molar-refractivity contribution < 1.29 is 4.79 Å². The molecule has 1 aliphatic carbocycles. The van der Waals surface area contributed by atoms with Crippen LogP contribution in [0.1, 0.15) is 12.8 Å². The Hall–Kier alpha value is -2.14. The number of anilines is 1. The van der Waals surface area contributed by atoms with Crippen molar-refractivity contribution in [2.24, 2.45) is 5.92 Å². The lowest BCUT2D eigenvalue weighted by Gasteiger charge is -2.07. The Morgan fingerprint density at radius 1 is 1.30 bits per heavy atom. The standard InChI is InChI=1S/C15H18N4O/c20-15(11-16-10-12-2-3-12)18-13-4-6-14(7-5-13)19-9-1-8-17-19/h1,4-9,12,16H,2-3,10-11H2,(H,18,20). The van der Waals surface area contributed by atoms with E-state index in [4.69, 9.17) is 0 Å². The second kappa shape index (κ2) is 5.88.